The molecule has 0 spiro atoms. The van der Waals surface area contributed by atoms with E-state index in [1.165, 1.54) is 0 Å². The third-order valence-corrected chi connectivity index (χ3v) is 6.22. The second-order valence-corrected chi connectivity index (χ2v) is 8.22. The molecule has 1 aliphatic carbocycles. The number of carboxylic acids is 1. The summed E-state index contributed by atoms with van der Waals surface area (Å²) in [6, 6.07) is 15.1. The van der Waals surface area contributed by atoms with E-state index in [1.807, 2.05) is 36.4 Å². The number of aliphatic carboxylic acids is 1. The quantitative estimate of drug-likeness (QED) is 0.632. The van der Waals surface area contributed by atoms with Gasteiger partial charge >= 0.3 is 12.1 Å². The summed E-state index contributed by atoms with van der Waals surface area (Å²) in [4.78, 5) is 26.1. The second kappa shape index (κ2) is 9.49. The van der Waals surface area contributed by atoms with E-state index in [0.29, 0.717) is 19.4 Å². The summed E-state index contributed by atoms with van der Waals surface area (Å²) in [5.41, 5.74) is 4.50. The van der Waals surface area contributed by atoms with Gasteiger partial charge in [-0.1, -0.05) is 48.5 Å². The summed E-state index contributed by atoms with van der Waals surface area (Å²) in [6.07, 6.45) is 0.679. The van der Waals surface area contributed by atoms with Gasteiger partial charge < -0.3 is 25.2 Å². The van der Waals surface area contributed by atoms with Crippen LogP contribution in [0.15, 0.2) is 48.5 Å². The zero-order valence-corrected chi connectivity index (χ0v) is 17.4. The van der Waals surface area contributed by atoms with E-state index in [2.05, 4.69) is 22.3 Å². The summed E-state index contributed by atoms with van der Waals surface area (Å²) in [7, 11) is 0. The lowest BCUT2D eigenvalue weighted by molar-refractivity contribution is -0.139. The van der Waals surface area contributed by atoms with Crippen LogP contribution in [0.4, 0.5) is 4.79 Å². The molecule has 164 valence electrons. The lowest BCUT2D eigenvalue weighted by Crippen LogP contribution is -2.45. The van der Waals surface area contributed by atoms with Crippen LogP contribution in [0.2, 0.25) is 0 Å². The number of piperidine rings is 1. The maximum Gasteiger partial charge on any atom is 0.407 e. The van der Waals surface area contributed by atoms with Crippen LogP contribution in [0.25, 0.3) is 11.1 Å². The fourth-order valence-corrected chi connectivity index (χ4v) is 4.49. The predicted octanol–water partition coefficient (Wildman–Crippen LogP) is 2.83. The van der Waals surface area contributed by atoms with Crippen molar-refractivity contribution in [2.45, 2.75) is 37.3 Å². The number of rotatable bonds is 7. The van der Waals surface area contributed by atoms with Gasteiger partial charge in [0.2, 0.25) is 0 Å². The van der Waals surface area contributed by atoms with Gasteiger partial charge in [-0.25, -0.2) is 9.59 Å². The molecule has 1 amide bonds. The number of fused-ring (bicyclic) bond motifs is 3. The number of aliphatic hydroxyl groups excluding tert-OH is 1. The predicted molar refractivity (Wildman–Crippen MR) is 116 cm³/mol. The molecule has 3 N–H and O–H groups in total. The van der Waals surface area contributed by atoms with Gasteiger partial charge in [-0.05, 0) is 41.5 Å². The molecule has 7 heteroatoms. The Labute approximate surface area is 181 Å². The van der Waals surface area contributed by atoms with Gasteiger partial charge in [-0.2, -0.15) is 0 Å². The fraction of sp³-hybridized carbons (Fsp3) is 0.417. The molecular weight excluding hydrogens is 396 g/mol. The number of nitrogens with one attached hydrogen (secondary N) is 1. The van der Waals surface area contributed by atoms with Crippen LogP contribution in [0.1, 0.15) is 36.3 Å². The van der Waals surface area contributed by atoms with E-state index in [9.17, 15) is 19.8 Å². The molecule has 0 saturated carbocycles. The number of alkyl carbamates (subject to hydrolysis) is 1. The van der Waals surface area contributed by atoms with Crippen molar-refractivity contribution in [3.05, 3.63) is 59.7 Å². The number of hydrogen-bond acceptors (Lipinski definition) is 5. The van der Waals surface area contributed by atoms with Crippen LogP contribution < -0.4 is 5.32 Å². The first-order chi connectivity index (χ1) is 15.0. The number of carbonyl (C=O) groups is 2. The zero-order chi connectivity index (χ0) is 21.8. The van der Waals surface area contributed by atoms with Crippen molar-refractivity contribution in [1.29, 1.82) is 0 Å². The van der Waals surface area contributed by atoms with Gasteiger partial charge in [-0.15, -0.1) is 0 Å². The molecule has 1 atom stereocenters. The van der Waals surface area contributed by atoms with Crippen molar-refractivity contribution < 1.29 is 24.5 Å². The molecule has 0 aromatic heterocycles. The maximum atomic E-state index is 12.4. The first kappa shape index (κ1) is 21.3. The molecule has 0 radical (unpaired) electrons. The van der Waals surface area contributed by atoms with E-state index in [4.69, 9.17) is 4.74 Å². The molecule has 1 heterocycles. The third-order valence-electron chi connectivity index (χ3n) is 6.22. The zero-order valence-electron chi connectivity index (χ0n) is 17.4. The average Bonchev–Trinajstić information content (AvgIpc) is 3.10. The van der Waals surface area contributed by atoms with Crippen LogP contribution in [0.5, 0.6) is 0 Å². The molecule has 2 aromatic carbocycles. The lowest BCUT2D eigenvalue weighted by Gasteiger charge is -2.30. The van der Waals surface area contributed by atoms with Gasteiger partial charge in [0.15, 0.2) is 0 Å². The maximum absolute atomic E-state index is 12.4. The van der Waals surface area contributed by atoms with E-state index in [0.717, 1.165) is 35.3 Å². The van der Waals surface area contributed by atoms with E-state index < -0.39 is 18.1 Å². The average molecular weight is 424 g/mol. The molecule has 7 nitrogen and oxygen atoms in total. The van der Waals surface area contributed by atoms with Crippen LogP contribution in [0, 0.1) is 0 Å². The first-order valence-corrected chi connectivity index (χ1v) is 10.8. The van der Waals surface area contributed by atoms with Crippen LogP contribution in [-0.2, 0) is 9.53 Å². The number of carboxylic acid groups (broad SMARTS) is 1. The highest BCUT2D eigenvalue weighted by Gasteiger charge is 2.30. The Kier molecular flexibility index (Phi) is 6.53. The molecule has 31 heavy (non-hydrogen) atoms. The Morgan fingerprint density at radius 3 is 2.19 bits per heavy atom. The Morgan fingerprint density at radius 1 is 1.03 bits per heavy atom. The van der Waals surface area contributed by atoms with Crippen molar-refractivity contribution >= 4 is 12.1 Å². The third kappa shape index (κ3) is 4.89. The molecule has 4 rings (SSSR count). The van der Waals surface area contributed by atoms with Crippen molar-refractivity contribution in [2.75, 3.05) is 26.2 Å². The summed E-state index contributed by atoms with van der Waals surface area (Å²) in [5, 5.41) is 21.6. The number of hydrogen-bond donors (Lipinski definition) is 3. The SMILES string of the molecule is O=C(NC(CCN1CCC(O)CC1)C(=O)O)OCC1c2ccccc2-c2ccccc21. The first-order valence-electron chi connectivity index (χ1n) is 10.8. The minimum absolute atomic E-state index is 0.0683. The van der Waals surface area contributed by atoms with Gasteiger partial charge in [0.05, 0.1) is 6.10 Å². The Hall–Kier alpha value is -2.90. The number of benzene rings is 2. The number of likely N-dealkylation sites (tertiary alicyclic amines) is 1. The van der Waals surface area contributed by atoms with Crippen molar-refractivity contribution in [3.63, 3.8) is 0 Å². The number of ether oxygens (including phenoxy) is 1. The highest BCUT2D eigenvalue weighted by Crippen LogP contribution is 2.44. The van der Waals surface area contributed by atoms with Gasteiger partial charge in [0.25, 0.3) is 0 Å². The summed E-state index contributed by atoms with van der Waals surface area (Å²) < 4.78 is 5.47. The molecule has 2 aliphatic rings. The monoisotopic (exact) mass is 424 g/mol. The fourth-order valence-electron chi connectivity index (χ4n) is 4.49. The minimum atomic E-state index is -1.08. The molecule has 1 saturated heterocycles. The standard InChI is InChI=1S/C24H28N2O5/c27-16-9-12-26(13-10-16)14-11-22(23(28)29)25-24(30)31-15-21-19-7-3-1-5-17(19)18-6-2-4-8-20(18)21/h1-8,16,21-22,27H,9-15H2,(H,25,30)(H,28,29). The topological polar surface area (TPSA) is 99.1 Å². The van der Waals surface area contributed by atoms with E-state index in [1.54, 1.807) is 0 Å². The number of amides is 1. The molecule has 1 aliphatic heterocycles. The molecule has 0 bridgehead atoms. The Bertz CT molecular complexity index is 894. The molecular formula is C24H28N2O5. The highest BCUT2D eigenvalue weighted by atomic mass is 16.5. The van der Waals surface area contributed by atoms with E-state index in [-0.39, 0.29) is 25.0 Å². The smallest absolute Gasteiger partial charge is 0.407 e. The normalized spacial score (nSPS) is 17.6. The number of carbonyl (C=O) groups excluding carboxylic acids is 1. The largest absolute Gasteiger partial charge is 0.480 e. The van der Waals surface area contributed by atoms with Crippen molar-refractivity contribution in [3.8, 4) is 11.1 Å². The summed E-state index contributed by atoms with van der Waals surface area (Å²) >= 11 is 0. The van der Waals surface area contributed by atoms with Gasteiger partial charge in [0, 0.05) is 25.6 Å². The van der Waals surface area contributed by atoms with Crippen LogP contribution in [0.3, 0.4) is 0 Å². The van der Waals surface area contributed by atoms with Gasteiger partial charge in [-0.3, -0.25) is 0 Å². The summed E-state index contributed by atoms with van der Waals surface area (Å²) in [5.74, 6) is -1.15. The van der Waals surface area contributed by atoms with Crippen molar-refractivity contribution in [1.82, 2.24) is 10.2 Å². The lowest BCUT2D eigenvalue weighted by atomic mass is 9.98. The van der Waals surface area contributed by atoms with Crippen LogP contribution >= 0.6 is 0 Å². The van der Waals surface area contributed by atoms with Crippen molar-refractivity contribution in [2.24, 2.45) is 0 Å². The number of aliphatic hydroxyl groups is 1. The highest BCUT2D eigenvalue weighted by molar-refractivity contribution is 5.81. The molecule has 1 unspecified atom stereocenters. The van der Waals surface area contributed by atoms with Gasteiger partial charge in [0.1, 0.15) is 12.6 Å². The molecule has 1 fully saturated rings. The minimum Gasteiger partial charge on any atom is -0.480 e. The Morgan fingerprint density at radius 2 is 1.61 bits per heavy atom. The summed E-state index contributed by atoms with van der Waals surface area (Å²) in [6.45, 7) is 2.17. The number of nitrogens with zero attached hydrogens (tertiary/aromatic N) is 1. The second-order valence-electron chi connectivity index (χ2n) is 8.22. The van der Waals surface area contributed by atoms with E-state index >= 15 is 0 Å². The Balaban J connectivity index is 1.33. The molecule has 2 aromatic rings. The van der Waals surface area contributed by atoms with Crippen LogP contribution in [-0.4, -0.2) is 65.6 Å².